The molecule has 0 fully saturated rings. The predicted molar refractivity (Wildman–Crippen MR) is 101 cm³/mol. The van der Waals surface area contributed by atoms with Gasteiger partial charge in [-0.15, -0.1) is 0 Å². The number of halogens is 2. The number of rotatable bonds is 4. The van der Waals surface area contributed by atoms with Crippen molar-refractivity contribution in [1.82, 2.24) is 14.8 Å². The molecule has 134 valence electrons. The van der Waals surface area contributed by atoms with Crippen molar-refractivity contribution in [2.24, 2.45) is 0 Å². The van der Waals surface area contributed by atoms with Gasteiger partial charge in [0.05, 0.1) is 22.1 Å². The van der Waals surface area contributed by atoms with Crippen LogP contribution in [0.5, 0.6) is 0 Å². The molecule has 0 aliphatic heterocycles. The summed E-state index contributed by atoms with van der Waals surface area (Å²) in [6, 6.07) is 11.7. The Morgan fingerprint density at radius 1 is 1.15 bits per heavy atom. The van der Waals surface area contributed by atoms with Crippen molar-refractivity contribution in [3.63, 3.8) is 0 Å². The molecule has 5 nitrogen and oxygen atoms in total. The molecule has 0 aliphatic carbocycles. The van der Waals surface area contributed by atoms with Crippen LogP contribution < -0.4 is 5.32 Å². The summed E-state index contributed by atoms with van der Waals surface area (Å²) in [5.41, 5.74) is 1.96. The Morgan fingerprint density at radius 2 is 1.93 bits per heavy atom. The third-order valence-electron chi connectivity index (χ3n) is 3.71. The lowest BCUT2D eigenvalue weighted by molar-refractivity contribution is -0.111. The number of hydrogen-bond acceptors (Lipinski definition) is 4. The number of thiazole rings is 1. The van der Waals surface area contributed by atoms with Gasteiger partial charge in [0.25, 0.3) is 0 Å². The molecule has 1 amide bonds. The van der Waals surface area contributed by atoms with Gasteiger partial charge in [0.2, 0.25) is 5.91 Å². The van der Waals surface area contributed by atoms with Crippen LogP contribution in [-0.4, -0.2) is 20.7 Å². The minimum Gasteiger partial charge on any atom is -0.298 e. The van der Waals surface area contributed by atoms with Crippen molar-refractivity contribution >= 4 is 38.7 Å². The van der Waals surface area contributed by atoms with Gasteiger partial charge in [-0.05, 0) is 24.3 Å². The number of carbonyl (C=O) groups is 1. The van der Waals surface area contributed by atoms with E-state index in [4.69, 9.17) is 0 Å². The lowest BCUT2D eigenvalue weighted by Crippen LogP contribution is -2.07. The minimum atomic E-state index is -0.971. The third-order valence-corrected chi connectivity index (χ3v) is 4.64. The average Bonchev–Trinajstić information content (AvgIpc) is 3.28. The molecule has 0 spiro atoms. The first-order valence-corrected chi connectivity index (χ1v) is 8.75. The minimum absolute atomic E-state index is 0.268. The van der Waals surface area contributed by atoms with Gasteiger partial charge in [0, 0.05) is 23.9 Å². The Bertz CT molecular complexity index is 1110. The van der Waals surface area contributed by atoms with E-state index in [1.54, 1.807) is 23.2 Å². The Morgan fingerprint density at radius 3 is 2.74 bits per heavy atom. The Kier molecular flexibility index (Phi) is 4.47. The van der Waals surface area contributed by atoms with Gasteiger partial charge in [0.1, 0.15) is 0 Å². The van der Waals surface area contributed by atoms with E-state index >= 15 is 0 Å². The van der Waals surface area contributed by atoms with Crippen LogP contribution in [0.2, 0.25) is 0 Å². The number of anilines is 1. The highest BCUT2D eigenvalue weighted by atomic mass is 32.1. The van der Waals surface area contributed by atoms with Crippen LogP contribution in [-0.2, 0) is 4.79 Å². The van der Waals surface area contributed by atoms with Crippen molar-refractivity contribution < 1.29 is 13.6 Å². The molecule has 0 unspecified atom stereocenters. The average molecular weight is 382 g/mol. The summed E-state index contributed by atoms with van der Waals surface area (Å²) in [4.78, 5) is 16.1. The van der Waals surface area contributed by atoms with Crippen molar-refractivity contribution in [3.8, 4) is 5.69 Å². The highest BCUT2D eigenvalue weighted by Crippen LogP contribution is 2.27. The molecule has 0 radical (unpaired) electrons. The number of amides is 1. The van der Waals surface area contributed by atoms with Gasteiger partial charge in [0.15, 0.2) is 16.8 Å². The summed E-state index contributed by atoms with van der Waals surface area (Å²) in [6.07, 6.45) is 6.40. The highest BCUT2D eigenvalue weighted by Gasteiger charge is 2.10. The van der Waals surface area contributed by atoms with E-state index in [0.29, 0.717) is 10.2 Å². The van der Waals surface area contributed by atoms with Crippen LogP contribution in [0.1, 0.15) is 5.56 Å². The van der Waals surface area contributed by atoms with E-state index in [1.165, 1.54) is 6.08 Å². The van der Waals surface area contributed by atoms with Gasteiger partial charge in [-0.3, -0.25) is 10.1 Å². The Labute approximate surface area is 156 Å². The summed E-state index contributed by atoms with van der Waals surface area (Å²) >= 11 is 1.07. The van der Waals surface area contributed by atoms with E-state index in [-0.39, 0.29) is 5.13 Å². The third kappa shape index (κ3) is 3.75. The largest absolute Gasteiger partial charge is 0.298 e. The Balaban J connectivity index is 1.46. The summed E-state index contributed by atoms with van der Waals surface area (Å²) in [7, 11) is 0. The molecule has 0 atom stereocenters. The fourth-order valence-electron chi connectivity index (χ4n) is 2.44. The molecule has 27 heavy (non-hydrogen) atoms. The van der Waals surface area contributed by atoms with E-state index in [1.807, 2.05) is 30.3 Å². The monoisotopic (exact) mass is 382 g/mol. The SMILES string of the molecule is O=C(/C=C\c1cnn(-c2ccccc2)c1)Nc1nc2cc(F)c(F)cc2s1. The maximum Gasteiger partial charge on any atom is 0.250 e. The van der Waals surface area contributed by atoms with Crippen molar-refractivity contribution in [3.05, 3.63) is 78.1 Å². The van der Waals surface area contributed by atoms with Crippen LogP contribution in [0.15, 0.2) is 60.9 Å². The summed E-state index contributed by atoms with van der Waals surface area (Å²) in [5.74, 6) is -2.32. The molecule has 8 heteroatoms. The molecule has 4 aromatic rings. The normalized spacial score (nSPS) is 11.3. The summed E-state index contributed by atoms with van der Waals surface area (Å²) < 4.78 is 28.6. The van der Waals surface area contributed by atoms with Crippen molar-refractivity contribution in [1.29, 1.82) is 0 Å². The van der Waals surface area contributed by atoms with Crippen LogP contribution in [0.4, 0.5) is 13.9 Å². The first-order chi connectivity index (χ1) is 13.1. The zero-order valence-electron chi connectivity index (χ0n) is 13.8. The molecule has 1 N–H and O–H groups in total. The van der Waals surface area contributed by atoms with Gasteiger partial charge in [-0.1, -0.05) is 29.5 Å². The van der Waals surface area contributed by atoms with Crippen LogP contribution in [0.25, 0.3) is 22.0 Å². The second kappa shape index (κ2) is 7.08. The number of fused-ring (bicyclic) bond motifs is 1. The van der Waals surface area contributed by atoms with Gasteiger partial charge >= 0.3 is 0 Å². The lowest BCUT2D eigenvalue weighted by atomic mass is 10.3. The number of nitrogens with one attached hydrogen (secondary N) is 1. The van der Waals surface area contributed by atoms with E-state index < -0.39 is 17.5 Å². The van der Waals surface area contributed by atoms with Crippen molar-refractivity contribution in [2.45, 2.75) is 0 Å². The van der Waals surface area contributed by atoms with Crippen LogP contribution in [0, 0.1) is 11.6 Å². The Hall–Kier alpha value is -3.39. The molecular formula is C19H12F2N4OS. The molecule has 2 aromatic carbocycles. The highest BCUT2D eigenvalue weighted by molar-refractivity contribution is 7.22. The van der Waals surface area contributed by atoms with Crippen LogP contribution >= 0.6 is 11.3 Å². The van der Waals surface area contributed by atoms with Crippen LogP contribution in [0.3, 0.4) is 0 Å². The number of carbonyl (C=O) groups excluding carboxylic acids is 1. The predicted octanol–water partition coefficient (Wildman–Crippen LogP) is 4.41. The number of benzene rings is 2. The number of hydrogen-bond donors (Lipinski definition) is 1. The molecule has 0 aliphatic rings. The zero-order valence-corrected chi connectivity index (χ0v) is 14.6. The standard InChI is InChI=1S/C19H12F2N4OS/c20-14-8-16-17(9-15(14)21)27-19(23-16)24-18(26)7-6-12-10-22-25(11-12)13-4-2-1-3-5-13/h1-11H,(H,23,24,26)/b7-6-. The number of para-hydroxylation sites is 1. The molecular weight excluding hydrogens is 370 g/mol. The maximum atomic E-state index is 13.3. The number of aromatic nitrogens is 3. The zero-order chi connectivity index (χ0) is 18.8. The molecule has 4 rings (SSSR count). The summed E-state index contributed by atoms with van der Waals surface area (Å²) in [6.45, 7) is 0. The molecule has 0 saturated heterocycles. The molecule has 2 heterocycles. The quantitative estimate of drug-likeness (QED) is 0.532. The number of nitrogens with zero attached hydrogens (tertiary/aromatic N) is 3. The van der Waals surface area contributed by atoms with Gasteiger partial charge in [-0.2, -0.15) is 5.10 Å². The van der Waals surface area contributed by atoms with Gasteiger partial charge in [-0.25, -0.2) is 18.4 Å². The molecule has 2 aromatic heterocycles. The summed E-state index contributed by atoms with van der Waals surface area (Å²) in [5, 5.41) is 7.10. The van der Waals surface area contributed by atoms with Crippen molar-refractivity contribution in [2.75, 3.05) is 5.32 Å². The lowest BCUT2D eigenvalue weighted by Gasteiger charge is -1.98. The maximum absolute atomic E-state index is 13.3. The van der Waals surface area contributed by atoms with Gasteiger partial charge < -0.3 is 0 Å². The molecule has 0 saturated carbocycles. The first-order valence-electron chi connectivity index (χ1n) is 7.93. The molecule has 0 bridgehead atoms. The van der Waals surface area contributed by atoms with E-state index in [0.717, 1.165) is 34.7 Å². The smallest absolute Gasteiger partial charge is 0.250 e. The van der Waals surface area contributed by atoms with E-state index in [9.17, 15) is 13.6 Å². The first kappa shape index (κ1) is 17.0. The van der Waals surface area contributed by atoms with E-state index in [2.05, 4.69) is 15.4 Å². The second-order valence-corrected chi connectivity index (χ2v) is 6.66. The second-order valence-electron chi connectivity index (χ2n) is 5.63. The fourth-order valence-corrected chi connectivity index (χ4v) is 3.32. The fraction of sp³-hybridized carbons (Fsp3) is 0. The topological polar surface area (TPSA) is 59.8 Å².